The molecule has 3 heterocycles. The lowest BCUT2D eigenvalue weighted by molar-refractivity contribution is -0.147. The quantitative estimate of drug-likeness (QED) is 0.544. The van der Waals surface area contributed by atoms with Gasteiger partial charge in [-0.05, 0) is 66.8 Å². The molecule has 3 aromatic rings. The third-order valence-corrected chi connectivity index (χ3v) is 8.84. The van der Waals surface area contributed by atoms with Crippen molar-refractivity contribution < 1.29 is 14.4 Å². The molecular formula is C31H36N4O3. The van der Waals surface area contributed by atoms with Gasteiger partial charge in [0.1, 0.15) is 6.04 Å². The number of hydrogen-bond donors (Lipinski definition) is 1. The first-order valence-electron chi connectivity index (χ1n) is 14.0. The Labute approximate surface area is 223 Å². The summed E-state index contributed by atoms with van der Waals surface area (Å²) in [4.78, 5) is 45.6. The third kappa shape index (κ3) is 4.53. The number of piperidine rings is 2. The Bertz CT molecular complexity index is 1330. The fourth-order valence-corrected chi connectivity index (χ4v) is 6.69. The van der Waals surface area contributed by atoms with Gasteiger partial charge in [0.25, 0.3) is 5.91 Å². The first-order chi connectivity index (χ1) is 18.5. The predicted octanol–water partition coefficient (Wildman–Crippen LogP) is 3.66. The number of nitrogens with zero attached hydrogens (tertiary/aromatic N) is 3. The minimum atomic E-state index is -0.397. The highest BCUT2D eigenvalue weighted by Gasteiger charge is 2.37. The van der Waals surface area contributed by atoms with Crippen LogP contribution in [0.15, 0.2) is 54.6 Å². The van der Waals surface area contributed by atoms with Gasteiger partial charge in [0.2, 0.25) is 11.8 Å². The Kier molecular flexibility index (Phi) is 6.78. The summed E-state index contributed by atoms with van der Waals surface area (Å²) in [6.07, 6.45) is 3.70. The van der Waals surface area contributed by atoms with Crippen LogP contribution in [0.3, 0.4) is 0 Å². The molecule has 3 amide bonds. The highest BCUT2D eigenvalue weighted by Crippen LogP contribution is 2.31. The van der Waals surface area contributed by atoms with E-state index in [4.69, 9.17) is 0 Å². The normalized spacial score (nSPS) is 23.6. The van der Waals surface area contributed by atoms with Crippen LogP contribution in [-0.4, -0.2) is 83.8 Å². The Morgan fingerprint density at radius 3 is 2.21 bits per heavy atom. The molecule has 7 nitrogen and oxygen atoms in total. The Balaban J connectivity index is 1.14. The monoisotopic (exact) mass is 512 g/mol. The van der Waals surface area contributed by atoms with Crippen molar-refractivity contribution in [1.82, 2.24) is 20.0 Å². The lowest BCUT2D eigenvalue weighted by Crippen LogP contribution is -2.59. The fourth-order valence-electron chi connectivity index (χ4n) is 6.69. The van der Waals surface area contributed by atoms with Gasteiger partial charge in [0.05, 0.1) is 11.5 Å². The molecule has 3 aliphatic rings. The number of piperazine rings is 1. The minimum absolute atomic E-state index is 0.0567. The van der Waals surface area contributed by atoms with Crippen LogP contribution in [0.2, 0.25) is 0 Å². The van der Waals surface area contributed by atoms with Crippen molar-refractivity contribution in [2.24, 2.45) is 5.92 Å². The van der Waals surface area contributed by atoms with Gasteiger partial charge >= 0.3 is 0 Å². The maximum Gasteiger partial charge on any atom is 0.255 e. The number of nitrogens with one attached hydrogen (secondary N) is 1. The molecule has 2 atom stereocenters. The van der Waals surface area contributed by atoms with Crippen molar-refractivity contribution in [1.29, 1.82) is 0 Å². The number of benzene rings is 3. The molecule has 3 fully saturated rings. The molecule has 3 aromatic carbocycles. The lowest BCUT2D eigenvalue weighted by Gasteiger charge is -2.43. The summed E-state index contributed by atoms with van der Waals surface area (Å²) in [5.41, 5.74) is 0.806. The average molecular weight is 513 g/mol. The number of carbonyl (C=O) groups excluding carboxylic acids is 3. The van der Waals surface area contributed by atoms with E-state index < -0.39 is 6.04 Å². The maximum atomic E-state index is 13.9. The second-order valence-electron chi connectivity index (χ2n) is 11.0. The van der Waals surface area contributed by atoms with Crippen LogP contribution in [0.1, 0.15) is 43.0 Å². The van der Waals surface area contributed by atoms with E-state index in [2.05, 4.69) is 40.5 Å². The van der Waals surface area contributed by atoms with E-state index in [1.54, 1.807) is 4.90 Å². The molecule has 0 spiro atoms. The van der Waals surface area contributed by atoms with Crippen LogP contribution in [-0.2, 0) is 9.59 Å². The highest BCUT2D eigenvalue weighted by atomic mass is 16.2. The van der Waals surface area contributed by atoms with Crippen LogP contribution >= 0.6 is 0 Å². The Morgan fingerprint density at radius 1 is 0.868 bits per heavy atom. The molecule has 3 aliphatic heterocycles. The number of hydrogen-bond acceptors (Lipinski definition) is 4. The van der Waals surface area contributed by atoms with E-state index in [9.17, 15) is 14.4 Å². The van der Waals surface area contributed by atoms with Crippen molar-refractivity contribution in [2.45, 2.75) is 44.7 Å². The standard InChI is InChI=1S/C31H36N4O3/c1-21-29(36)32-14-18-35(21)30(37)24-9-6-15-34(20-24)25-12-16-33(17-13-25)31(38)28-26-10-4-2-7-22(26)19-23-8-3-5-11-27(23)28/h2-5,7-8,10-11,19,21,24-25H,6,9,12-18,20H2,1H3,(H,32,36)/t21-,24?/m1/s1. The first-order valence-corrected chi connectivity index (χ1v) is 14.0. The van der Waals surface area contributed by atoms with Crippen molar-refractivity contribution in [3.63, 3.8) is 0 Å². The van der Waals surface area contributed by atoms with E-state index in [1.165, 1.54) is 0 Å². The van der Waals surface area contributed by atoms with Gasteiger partial charge in [-0.1, -0.05) is 48.5 Å². The number of amides is 3. The SMILES string of the molecule is C[C@@H]1C(=O)NCCN1C(=O)C1CCCN(C2CCN(C(=O)c3c4ccccc4cc4ccccc34)CC2)C1. The lowest BCUT2D eigenvalue weighted by atomic mass is 9.91. The number of carbonyl (C=O) groups is 3. The third-order valence-electron chi connectivity index (χ3n) is 8.84. The van der Waals surface area contributed by atoms with Gasteiger partial charge in [-0.25, -0.2) is 0 Å². The molecule has 7 heteroatoms. The van der Waals surface area contributed by atoms with Crippen molar-refractivity contribution >= 4 is 39.3 Å². The van der Waals surface area contributed by atoms with E-state index in [0.29, 0.717) is 19.1 Å². The summed E-state index contributed by atoms with van der Waals surface area (Å²) >= 11 is 0. The molecule has 3 saturated heterocycles. The summed E-state index contributed by atoms with van der Waals surface area (Å²) in [6, 6.07) is 18.5. The van der Waals surface area contributed by atoms with Crippen LogP contribution in [0, 0.1) is 5.92 Å². The maximum absolute atomic E-state index is 13.9. The van der Waals surface area contributed by atoms with Gasteiger partial charge in [0, 0.05) is 38.8 Å². The minimum Gasteiger partial charge on any atom is -0.353 e. The first kappa shape index (κ1) is 24.9. The summed E-state index contributed by atoms with van der Waals surface area (Å²) in [6.45, 7) is 6.12. The van der Waals surface area contributed by atoms with Crippen molar-refractivity contribution in [3.8, 4) is 0 Å². The summed E-state index contributed by atoms with van der Waals surface area (Å²) < 4.78 is 0. The molecule has 198 valence electrons. The zero-order valence-electron chi connectivity index (χ0n) is 22.1. The van der Waals surface area contributed by atoms with Gasteiger partial charge in [-0.2, -0.15) is 0 Å². The average Bonchev–Trinajstić information content (AvgIpc) is 2.97. The zero-order valence-corrected chi connectivity index (χ0v) is 22.1. The van der Waals surface area contributed by atoms with Gasteiger partial charge in [0.15, 0.2) is 0 Å². The van der Waals surface area contributed by atoms with Crippen LogP contribution in [0.25, 0.3) is 21.5 Å². The van der Waals surface area contributed by atoms with Crippen LogP contribution in [0.5, 0.6) is 0 Å². The van der Waals surface area contributed by atoms with E-state index in [-0.39, 0.29) is 23.6 Å². The number of likely N-dealkylation sites (tertiary alicyclic amines) is 2. The number of fused-ring (bicyclic) bond motifs is 2. The molecule has 0 radical (unpaired) electrons. The molecule has 1 N–H and O–H groups in total. The van der Waals surface area contributed by atoms with Crippen molar-refractivity contribution in [2.75, 3.05) is 39.3 Å². The second kappa shape index (κ2) is 10.4. The fraction of sp³-hybridized carbons (Fsp3) is 0.452. The summed E-state index contributed by atoms with van der Waals surface area (Å²) in [7, 11) is 0. The topological polar surface area (TPSA) is 73.0 Å². The van der Waals surface area contributed by atoms with Crippen molar-refractivity contribution in [3.05, 3.63) is 60.2 Å². The van der Waals surface area contributed by atoms with E-state index in [1.807, 2.05) is 36.1 Å². The van der Waals surface area contributed by atoms with Gasteiger partial charge in [-0.15, -0.1) is 0 Å². The van der Waals surface area contributed by atoms with Crippen LogP contribution < -0.4 is 5.32 Å². The summed E-state index contributed by atoms with van der Waals surface area (Å²) in [5.74, 6) is 0.111. The Hall–Kier alpha value is -3.45. The molecule has 6 rings (SSSR count). The Morgan fingerprint density at radius 2 is 1.53 bits per heavy atom. The molecule has 0 bridgehead atoms. The van der Waals surface area contributed by atoms with E-state index in [0.717, 1.165) is 79.0 Å². The molecule has 0 aromatic heterocycles. The molecule has 1 unspecified atom stereocenters. The highest BCUT2D eigenvalue weighted by molar-refractivity contribution is 6.18. The van der Waals surface area contributed by atoms with Crippen LogP contribution in [0.4, 0.5) is 0 Å². The molecule has 0 aliphatic carbocycles. The second-order valence-corrected chi connectivity index (χ2v) is 11.0. The predicted molar refractivity (Wildman–Crippen MR) is 149 cm³/mol. The van der Waals surface area contributed by atoms with Gasteiger partial charge < -0.3 is 15.1 Å². The molecular weight excluding hydrogens is 476 g/mol. The van der Waals surface area contributed by atoms with E-state index >= 15 is 0 Å². The smallest absolute Gasteiger partial charge is 0.255 e. The number of rotatable bonds is 3. The van der Waals surface area contributed by atoms with Gasteiger partial charge in [-0.3, -0.25) is 19.3 Å². The largest absolute Gasteiger partial charge is 0.353 e. The summed E-state index contributed by atoms with van der Waals surface area (Å²) in [5, 5.41) is 7.05. The molecule has 0 saturated carbocycles. The molecule has 38 heavy (non-hydrogen) atoms. The zero-order chi connectivity index (χ0) is 26.2.